The van der Waals surface area contributed by atoms with Gasteiger partial charge >= 0.3 is 6.03 Å². The smallest absolute Gasteiger partial charge is 0.322 e. The van der Waals surface area contributed by atoms with Gasteiger partial charge in [0.25, 0.3) is 0 Å². The predicted octanol–water partition coefficient (Wildman–Crippen LogP) is 5.24. The number of benzene rings is 2. The lowest BCUT2D eigenvalue weighted by molar-refractivity contribution is 0.155. The highest BCUT2D eigenvalue weighted by molar-refractivity contribution is 6.31. The normalized spacial score (nSPS) is 15.5. The Morgan fingerprint density at radius 2 is 2.03 bits per heavy atom. The molecule has 2 aromatic heterocycles. The zero-order valence-electron chi connectivity index (χ0n) is 16.3. The first-order valence-electron chi connectivity index (χ1n) is 9.61. The third-order valence-electron chi connectivity index (χ3n) is 5.16. The minimum absolute atomic E-state index is 0.0448. The minimum Gasteiger partial charge on any atom is -0.347 e. The lowest BCUT2D eigenvalue weighted by Gasteiger charge is -2.32. The lowest BCUT2D eigenvalue weighted by Crippen LogP contribution is -2.41. The maximum absolute atomic E-state index is 13.5. The molecule has 0 aliphatic carbocycles. The number of carbonyl (C=O) groups excluding carboxylic acids is 1. The number of hydrogen-bond acceptors (Lipinski definition) is 5. The van der Waals surface area contributed by atoms with Crippen molar-refractivity contribution in [2.75, 3.05) is 5.32 Å². The molecule has 162 valence electrons. The molecule has 1 aliphatic rings. The molecule has 5 rings (SSSR count). The highest BCUT2D eigenvalue weighted by atomic mass is 35.5. The first-order chi connectivity index (χ1) is 15.5. The van der Waals surface area contributed by atoms with Crippen molar-refractivity contribution in [2.24, 2.45) is 0 Å². The van der Waals surface area contributed by atoms with E-state index in [1.54, 1.807) is 35.5 Å². The second-order valence-corrected chi connectivity index (χ2v) is 8.04. The van der Waals surface area contributed by atoms with E-state index in [1.165, 1.54) is 18.2 Å². The zero-order valence-corrected chi connectivity index (χ0v) is 17.9. The van der Waals surface area contributed by atoms with E-state index in [4.69, 9.17) is 27.7 Å². The number of aromatic nitrogens is 4. The number of nitrogens with zero attached hydrogens (tertiary/aromatic N) is 4. The molecular formula is C21H15Cl2FN6O2. The maximum atomic E-state index is 13.5. The number of imidazole rings is 1. The van der Waals surface area contributed by atoms with Crippen molar-refractivity contribution in [1.29, 1.82) is 0 Å². The van der Waals surface area contributed by atoms with Crippen LogP contribution in [0.4, 0.5) is 14.9 Å². The Kier molecular flexibility index (Phi) is 5.28. The van der Waals surface area contributed by atoms with E-state index in [9.17, 15) is 9.18 Å². The van der Waals surface area contributed by atoms with E-state index in [0.29, 0.717) is 22.7 Å². The molecule has 2 amide bonds. The Bertz CT molecular complexity index is 1290. The molecule has 1 aliphatic heterocycles. The summed E-state index contributed by atoms with van der Waals surface area (Å²) in [5.41, 5.74) is 2.74. The van der Waals surface area contributed by atoms with E-state index >= 15 is 0 Å². The topological polar surface area (TPSA) is 99.9 Å². The molecule has 0 radical (unpaired) electrons. The van der Waals surface area contributed by atoms with Crippen molar-refractivity contribution in [3.63, 3.8) is 0 Å². The van der Waals surface area contributed by atoms with Crippen LogP contribution in [0, 0.1) is 5.82 Å². The van der Waals surface area contributed by atoms with Crippen LogP contribution in [0.2, 0.25) is 10.0 Å². The Hall–Kier alpha value is -3.43. The van der Waals surface area contributed by atoms with E-state index in [1.807, 2.05) is 0 Å². The summed E-state index contributed by atoms with van der Waals surface area (Å²) < 4.78 is 19.0. The molecule has 11 heteroatoms. The molecule has 2 aromatic carbocycles. The van der Waals surface area contributed by atoms with Gasteiger partial charge in [-0.05, 0) is 42.5 Å². The first kappa shape index (κ1) is 20.5. The van der Waals surface area contributed by atoms with Crippen molar-refractivity contribution < 1.29 is 13.7 Å². The molecule has 1 unspecified atom stereocenters. The maximum Gasteiger partial charge on any atom is 0.322 e. The van der Waals surface area contributed by atoms with Crippen LogP contribution in [0.5, 0.6) is 0 Å². The van der Waals surface area contributed by atoms with Crippen LogP contribution >= 0.6 is 23.2 Å². The van der Waals surface area contributed by atoms with E-state index < -0.39 is 11.9 Å². The summed E-state index contributed by atoms with van der Waals surface area (Å²) in [6.45, 7) is 0.277. The Labute approximate surface area is 191 Å². The first-order valence-corrected chi connectivity index (χ1v) is 10.4. The third kappa shape index (κ3) is 3.92. The summed E-state index contributed by atoms with van der Waals surface area (Å²) in [5.74, 6) is -0.0596. The van der Waals surface area contributed by atoms with Gasteiger partial charge in [-0.15, -0.1) is 0 Å². The monoisotopic (exact) mass is 472 g/mol. The van der Waals surface area contributed by atoms with Gasteiger partial charge in [-0.25, -0.2) is 14.2 Å². The van der Waals surface area contributed by atoms with Gasteiger partial charge in [0.1, 0.15) is 11.9 Å². The Morgan fingerprint density at radius 1 is 1.22 bits per heavy atom. The van der Waals surface area contributed by atoms with Crippen molar-refractivity contribution in [3.05, 3.63) is 81.9 Å². The van der Waals surface area contributed by atoms with Crippen molar-refractivity contribution in [2.45, 2.75) is 19.0 Å². The third-order valence-corrected chi connectivity index (χ3v) is 5.70. The van der Waals surface area contributed by atoms with Gasteiger partial charge in [0, 0.05) is 22.7 Å². The second-order valence-electron chi connectivity index (χ2n) is 7.20. The minimum atomic E-state index is -0.546. The van der Waals surface area contributed by atoms with Crippen LogP contribution in [-0.2, 0) is 13.0 Å². The number of anilines is 1. The highest BCUT2D eigenvalue weighted by Gasteiger charge is 2.36. The van der Waals surface area contributed by atoms with E-state index in [0.717, 1.165) is 11.4 Å². The number of urea groups is 1. The van der Waals surface area contributed by atoms with Crippen LogP contribution < -0.4 is 5.32 Å². The highest BCUT2D eigenvalue weighted by Crippen LogP contribution is 2.33. The van der Waals surface area contributed by atoms with Crippen LogP contribution in [0.3, 0.4) is 0 Å². The molecule has 0 saturated carbocycles. The van der Waals surface area contributed by atoms with E-state index in [2.05, 4.69) is 25.4 Å². The van der Waals surface area contributed by atoms with Gasteiger partial charge in [0.05, 0.1) is 29.3 Å². The fraction of sp³-hybridized carbons (Fsp3) is 0.143. The van der Waals surface area contributed by atoms with Crippen LogP contribution in [0.15, 0.2) is 53.3 Å². The van der Waals surface area contributed by atoms with Crippen molar-refractivity contribution in [3.8, 4) is 11.4 Å². The number of halogens is 3. The Balaban J connectivity index is 1.45. The van der Waals surface area contributed by atoms with Crippen molar-refractivity contribution >= 4 is 34.9 Å². The van der Waals surface area contributed by atoms with Gasteiger partial charge in [-0.3, -0.25) is 0 Å². The fourth-order valence-electron chi connectivity index (χ4n) is 3.52. The van der Waals surface area contributed by atoms with Gasteiger partial charge < -0.3 is 19.7 Å². The van der Waals surface area contributed by atoms with Gasteiger partial charge in [-0.1, -0.05) is 28.4 Å². The fourth-order valence-corrected chi connectivity index (χ4v) is 3.83. The number of carbonyl (C=O) groups is 1. The van der Waals surface area contributed by atoms with Crippen LogP contribution in [-0.4, -0.2) is 31.0 Å². The standard InChI is InChI=1S/C21H15Cl2FN6O2/c22-12-2-4-13(5-3-12)27-21(31)30-9-17-16(25-10-26-17)8-18(30)20-28-19(29-32-20)11-1-6-15(24)14(23)7-11/h1-7,10,18H,8-9H2,(H,25,26)(H,27,31). The molecule has 1 atom stereocenters. The number of fused-ring (bicyclic) bond motifs is 1. The summed E-state index contributed by atoms with van der Waals surface area (Å²) >= 11 is 11.8. The van der Waals surface area contributed by atoms with Gasteiger partial charge in [0.15, 0.2) is 0 Å². The van der Waals surface area contributed by atoms with Gasteiger partial charge in [0.2, 0.25) is 11.7 Å². The molecule has 0 bridgehead atoms. The molecule has 2 N–H and O–H groups in total. The number of amides is 2. The largest absolute Gasteiger partial charge is 0.347 e. The second kappa shape index (κ2) is 8.25. The Morgan fingerprint density at radius 3 is 2.81 bits per heavy atom. The average molecular weight is 473 g/mol. The molecule has 8 nitrogen and oxygen atoms in total. The number of aromatic amines is 1. The predicted molar refractivity (Wildman–Crippen MR) is 116 cm³/mol. The zero-order chi connectivity index (χ0) is 22.2. The van der Waals surface area contributed by atoms with Crippen LogP contribution in [0.25, 0.3) is 11.4 Å². The number of hydrogen-bond donors (Lipinski definition) is 2. The van der Waals surface area contributed by atoms with Gasteiger partial charge in [-0.2, -0.15) is 4.98 Å². The summed E-state index contributed by atoms with van der Waals surface area (Å²) in [6, 6.07) is 10.1. The summed E-state index contributed by atoms with van der Waals surface area (Å²) in [6.07, 6.45) is 1.97. The van der Waals surface area contributed by atoms with E-state index in [-0.39, 0.29) is 29.3 Å². The SMILES string of the molecule is O=C(Nc1ccc(Cl)cc1)N1Cc2[nH]cnc2CC1c1nc(-c2ccc(F)c(Cl)c2)no1. The van der Waals surface area contributed by atoms with Crippen LogP contribution in [0.1, 0.15) is 23.3 Å². The summed E-state index contributed by atoms with van der Waals surface area (Å²) in [7, 11) is 0. The lowest BCUT2D eigenvalue weighted by atomic mass is 10.0. The molecule has 32 heavy (non-hydrogen) atoms. The number of H-pyrrole nitrogens is 1. The molecule has 4 aromatic rings. The summed E-state index contributed by atoms with van der Waals surface area (Å²) in [4.78, 5) is 26.6. The molecule has 0 saturated heterocycles. The molecule has 3 heterocycles. The molecular weight excluding hydrogens is 458 g/mol. The quantitative estimate of drug-likeness (QED) is 0.424. The summed E-state index contributed by atoms with van der Waals surface area (Å²) in [5, 5.41) is 7.38. The number of rotatable bonds is 3. The molecule has 0 spiro atoms. The molecule has 0 fully saturated rings. The number of nitrogens with one attached hydrogen (secondary N) is 2. The average Bonchev–Trinajstić information content (AvgIpc) is 3.45. The van der Waals surface area contributed by atoms with Crippen molar-refractivity contribution in [1.82, 2.24) is 25.0 Å².